The Bertz CT molecular complexity index is 301. The minimum absolute atomic E-state index is 0.112. The summed E-state index contributed by atoms with van der Waals surface area (Å²) in [6.45, 7) is 0.700. The van der Waals surface area contributed by atoms with Crippen LogP contribution in [0.15, 0.2) is 23.1 Å². The fourth-order valence-electron chi connectivity index (χ4n) is 1.43. The molecule has 0 saturated heterocycles. The third-order valence-electron chi connectivity index (χ3n) is 2.10. The van der Waals surface area contributed by atoms with Crippen molar-refractivity contribution in [1.82, 2.24) is 0 Å². The second-order valence-electron chi connectivity index (χ2n) is 2.94. The summed E-state index contributed by atoms with van der Waals surface area (Å²) in [5, 5.41) is 0. The van der Waals surface area contributed by atoms with E-state index in [0.29, 0.717) is 6.61 Å². The van der Waals surface area contributed by atoms with Crippen molar-refractivity contribution in [1.29, 1.82) is 0 Å². The molecule has 1 atom stereocenters. The first-order chi connectivity index (χ1) is 5.79. The van der Waals surface area contributed by atoms with E-state index in [1.165, 1.54) is 0 Å². The minimum Gasteiger partial charge on any atom is -0.492 e. The van der Waals surface area contributed by atoms with Gasteiger partial charge in [0.15, 0.2) is 0 Å². The molecule has 2 nitrogen and oxygen atoms in total. The summed E-state index contributed by atoms with van der Waals surface area (Å²) < 4.78 is 5.47. The molecule has 0 saturated carbocycles. The quantitative estimate of drug-likeness (QED) is 0.598. The summed E-state index contributed by atoms with van der Waals surface area (Å²) in [6, 6.07) is 5.98. The lowest BCUT2D eigenvalue weighted by Gasteiger charge is -2.23. The van der Waals surface area contributed by atoms with Crippen LogP contribution in [0.4, 0.5) is 0 Å². The Kier molecular flexibility index (Phi) is 1.98. The molecule has 0 bridgehead atoms. The Morgan fingerprint density at radius 2 is 2.33 bits per heavy atom. The standard InChI is InChI=1S/C9H11NOS/c10-7-4-5-11-9-6(7)2-1-3-8(9)12/h1-3,7,12H,4-5,10H2. The molecule has 1 heterocycles. The zero-order valence-corrected chi connectivity index (χ0v) is 7.55. The fraction of sp³-hybridized carbons (Fsp3) is 0.333. The number of hydrogen-bond donors (Lipinski definition) is 2. The Morgan fingerprint density at radius 1 is 1.50 bits per heavy atom. The topological polar surface area (TPSA) is 35.2 Å². The average Bonchev–Trinajstić information content (AvgIpc) is 2.07. The van der Waals surface area contributed by atoms with Crippen LogP contribution in [0.2, 0.25) is 0 Å². The first kappa shape index (κ1) is 7.95. The Balaban J connectivity index is 2.52. The molecule has 0 amide bonds. The van der Waals surface area contributed by atoms with Crippen LogP contribution in [0.1, 0.15) is 18.0 Å². The van der Waals surface area contributed by atoms with E-state index in [1.807, 2.05) is 18.2 Å². The summed E-state index contributed by atoms with van der Waals surface area (Å²) in [7, 11) is 0. The van der Waals surface area contributed by atoms with Gasteiger partial charge in [0.1, 0.15) is 5.75 Å². The van der Waals surface area contributed by atoms with E-state index in [2.05, 4.69) is 12.6 Å². The molecule has 0 fully saturated rings. The van der Waals surface area contributed by atoms with Crippen molar-refractivity contribution in [2.24, 2.45) is 5.73 Å². The van der Waals surface area contributed by atoms with Crippen molar-refractivity contribution in [3.8, 4) is 5.75 Å². The van der Waals surface area contributed by atoms with Crippen LogP contribution in [0, 0.1) is 0 Å². The van der Waals surface area contributed by atoms with Gasteiger partial charge in [-0.15, -0.1) is 12.6 Å². The van der Waals surface area contributed by atoms with E-state index < -0.39 is 0 Å². The number of thiol groups is 1. The number of ether oxygens (including phenoxy) is 1. The minimum atomic E-state index is 0.112. The monoisotopic (exact) mass is 181 g/mol. The van der Waals surface area contributed by atoms with Crippen LogP contribution < -0.4 is 10.5 Å². The summed E-state index contributed by atoms with van der Waals surface area (Å²) in [6.07, 6.45) is 0.893. The first-order valence-corrected chi connectivity index (χ1v) is 4.44. The van der Waals surface area contributed by atoms with Gasteiger partial charge in [-0.05, 0) is 6.07 Å². The molecular weight excluding hydrogens is 170 g/mol. The smallest absolute Gasteiger partial charge is 0.137 e. The summed E-state index contributed by atoms with van der Waals surface area (Å²) in [5.74, 6) is 0.861. The molecule has 0 spiro atoms. The highest BCUT2D eigenvalue weighted by atomic mass is 32.1. The maximum absolute atomic E-state index is 5.90. The van der Waals surface area contributed by atoms with Crippen LogP contribution in [0.25, 0.3) is 0 Å². The van der Waals surface area contributed by atoms with Crippen LogP contribution in [0.3, 0.4) is 0 Å². The molecule has 2 rings (SSSR count). The van der Waals surface area contributed by atoms with E-state index in [-0.39, 0.29) is 6.04 Å². The highest BCUT2D eigenvalue weighted by Gasteiger charge is 2.18. The number of rotatable bonds is 0. The molecule has 1 aromatic rings. The van der Waals surface area contributed by atoms with Gasteiger partial charge in [0.25, 0.3) is 0 Å². The fourth-order valence-corrected chi connectivity index (χ4v) is 1.71. The zero-order valence-electron chi connectivity index (χ0n) is 6.66. The van der Waals surface area contributed by atoms with Gasteiger partial charge < -0.3 is 10.5 Å². The van der Waals surface area contributed by atoms with Gasteiger partial charge in [0, 0.05) is 22.9 Å². The Hall–Kier alpha value is -0.670. The largest absolute Gasteiger partial charge is 0.492 e. The Morgan fingerprint density at radius 3 is 3.08 bits per heavy atom. The van der Waals surface area contributed by atoms with Crippen molar-refractivity contribution >= 4 is 12.6 Å². The molecule has 1 unspecified atom stereocenters. The van der Waals surface area contributed by atoms with Gasteiger partial charge in [-0.3, -0.25) is 0 Å². The van der Waals surface area contributed by atoms with Crippen LogP contribution >= 0.6 is 12.6 Å². The maximum Gasteiger partial charge on any atom is 0.137 e. The van der Waals surface area contributed by atoms with Crippen molar-refractivity contribution in [2.75, 3.05) is 6.61 Å². The second kappa shape index (κ2) is 2.99. The maximum atomic E-state index is 5.90. The summed E-state index contributed by atoms with van der Waals surface area (Å²) >= 11 is 4.30. The predicted molar refractivity (Wildman–Crippen MR) is 50.7 cm³/mol. The molecule has 3 heteroatoms. The first-order valence-electron chi connectivity index (χ1n) is 3.99. The summed E-state index contributed by atoms with van der Waals surface area (Å²) in [4.78, 5) is 0.877. The van der Waals surface area contributed by atoms with Crippen LogP contribution in [0.5, 0.6) is 5.75 Å². The average molecular weight is 181 g/mol. The van der Waals surface area contributed by atoms with Crippen molar-refractivity contribution in [3.63, 3.8) is 0 Å². The van der Waals surface area contributed by atoms with E-state index in [9.17, 15) is 0 Å². The second-order valence-corrected chi connectivity index (χ2v) is 3.42. The highest BCUT2D eigenvalue weighted by Crippen LogP contribution is 2.35. The number of para-hydroxylation sites is 1. The van der Waals surface area contributed by atoms with E-state index in [0.717, 1.165) is 22.6 Å². The third-order valence-corrected chi connectivity index (χ3v) is 2.45. The van der Waals surface area contributed by atoms with Gasteiger partial charge in [0.2, 0.25) is 0 Å². The molecule has 1 aromatic carbocycles. The molecule has 12 heavy (non-hydrogen) atoms. The molecule has 2 N–H and O–H groups in total. The molecule has 0 aromatic heterocycles. The molecular formula is C9H11NOS. The lowest BCUT2D eigenvalue weighted by atomic mass is 10.0. The number of benzene rings is 1. The molecule has 0 aliphatic carbocycles. The predicted octanol–water partition coefficient (Wildman–Crippen LogP) is 1.76. The van der Waals surface area contributed by atoms with Crippen molar-refractivity contribution in [2.45, 2.75) is 17.4 Å². The number of fused-ring (bicyclic) bond motifs is 1. The van der Waals surface area contributed by atoms with Gasteiger partial charge in [-0.25, -0.2) is 0 Å². The highest BCUT2D eigenvalue weighted by molar-refractivity contribution is 7.80. The number of hydrogen-bond acceptors (Lipinski definition) is 3. The van der Waals surface area contributed by atoms with E-state index in [1.54, 1.807) is 0 Å². The van der Waals surface area contributed by atoms with Gasteiger partial charge in [0.05, 0.1) is 6.61 Å². The van der Waals surface area contributed by atoms with E-state index in [4.69, 9.17) is 10.5 Å². The SMILES string of the molecule is NC1CCOc2c(S)cccc21. The van der Waals surface area contributed by atoms with Gasteiger partial charge in [-0.2, -0.15) is 0 Å². The van der Waals surface area contributed by atoms with Gasteiger partial charge in [-0.1, -0.05) is 12.1 Å². The molecule has 1 aliphatic heterocycles. The lowest BCUT2D eigenvalue weighted by molar-refractivity contribution is 0.262. The third kappa shape index (κ3) is 1.19. The van der Waals surface area contributed by atoms with Crippen molar-refractivity contribution < 1.29 is 4.74 Å². The normalized spacial score (nSPS) is 21.3. The molecule has 0 radical (unpaired) electrons. The Labute approximate surface area is 77.1 Å². The van der Waals surface area contributed by atoms with Gasteiger partial charge >= 0.3 is 0 Å². The number of nitrogens with two attached hydrogens (primary N) is 1. The van der Waals surface area contributed by atoms with Crippen LogP contribution in [-0.4, -0.2) is 6.61 Å². The van der Waals surface area contributed by atoms with E-state index >= 15 is 0 Å². The summed E-state index contributed by atoms with van der Waals surface area (Å²) in [5.41, 5.74) is 6.98. The van der Waals surface area contributed by atoms with Crippen molar-refractivity contribution in [3.05, 3.63) is 23.8 Å². The molecule has 1 aliphatic rings. The lowest BCUT2D eigenvalue weighted by Crippen LogP contribution is -2.20. The van der Waals surface area contributed by atoms with Crippen LogP contribution in [-0.2, 0) is 0 Å². The zero-order chi connectivity index (χ0) is 8.55. The molecule has 64 valence electrons.